The lowest BCUT2D eigenvalue weighted by Gasteiger charge is -2.18. The third-order valence-corrected chi connectivity index (χ3v) is 4.87. The fourth-order valence-corrected chi connectivity index (χ4v) is 3.51. The summed E-state index contributed by atoms with van der Waals surface area (Å²) >= 11 is 6.37. The van der Waals surface area contributed by atoms with Crippen LogP contribution in [0.5, 0.6) is 5.75 Å². The van der Waals surface area contributed by atoms with Crippen LogP contribution in [0.2, 0.25) is 5.02 Å². The Morgan fingerprint density at radius 2 is 1.89 bits per heavy atom. The molecule has 0 saturated carbocycles. The summed E-state index contributed by atoms with van der Waals surface area (Å²) in [5.74, 6) is -0.631. The number of pyridine rings is 1. The topological polar surface area (TPSA) is 68.5 Å². The van der Waals surface area contributed by atoms with E-state index in [1.165, 1.54) is 0 Å². The lowest BCUT2D eigenvalue weighted by Crippen LogP contribution is -2.17. The molecule has 5 nitrogen and oxygen atoms in total. The molecule has 1 aromatic heterocycles. The molecular weight excluding hydrogens is 366 g/mol. The van der Waals surface area contributed by atoms with E-state index in [4.69, 9.17) is 16.3 Å². The molecule has 0 radical (unpaired) electrons. The minimum atomic E-state index is -1.00. The number of halogens is 1. The van der Waals surface area contributed by atoms with Crippen molar-refractivity contribution in [3.05, 3.63) is 51.6 Å². The number of ether oxygens (including phenoxy) is 1. The Bertz CT molecular complexity index is 1040. The molecule has 1 N–H and O–H groups in total. The van der Waals surface area contributed by atoms with Crippen LogP contribution in [-0.2, 0) is 11.3 Å². The minimum Gasteiger partial charge on any atom is -0.490 e. The van der Waals surface area contributed by atoms with Crippen LogP contribution in [0.15, 0.2) is 41.2 Å². The van der Waals surface area contributed by atoms with Crippen molar-refractivity contribution in [1.29, 1.82) is 0 Å². The van der Waals surface area contributed by atoms with Gasteiger partial charge in [-0.3, -0.25) is 9.59 Å². The summed E-state index contributed by atoms with van der Waals surface area (Å²) in [6, 6.07) is 10.3. The number of benzene rings is 2. The van der Waals surface area contributed by atoms with E-state index in [2.05, 4.69) is 6.92 Å². The number of unbranched alkanes of at least 4 members (excludes halogenated alkanes) is 3. The van der Waals surface area contributed by atoms with E-state index in [-0.39, 0.29) is 12.0 Å². The monoisotopic (exact) mass is 387 g/mol. The average molecular weight is 388 g/mol. The van der Waals surface area contributed by atoms with Crippen LogP contribution in [0.3, 0.4) is 0 Å². The number of hydrogen-bond acceptors (Lipinski definition) is 3. The van der Waals surface area contributed by atoms with Crippen molar-refractivity contribution in [2.45, 2.75) is 39.2 Å². The molecule has 0 saturated heterocycles. The maximum absolute atomic E-state index is 12.9. The van der Waals surface area contributed by atoms with E-state index in [1.54, 1.807) is 41.0 Å². The Kier molecular flexibility index (Phi) is 6.01. The van der Waals surface area contributed by atoms with Gasteiger partial charge in [-0.2, -0.15) is 0 Å². The third kappa shape index (κ3) is 3.93. The molecule has 2 aromatic carbocycles. The van der Waals surface area contributed by atoms with Crippen molar-refractivity contribution in [2.24, 2.45) is 0 Å². The second-order valence-electron chi connectivity index (χ2n) is 6.51. The molecule has 27 heavy (non-hydrogen) atoms. The van der Waals surface area contributed by atoms with Gasteiger partial charge < -0.3 is 14.4 Å². The number of carbonyl (C=O) groups is 1. The van der Waals surface area contributed by atoms with Gasteiger partial charge in [-0.15, -0.1) is 0 Å². The Morgan fingerprint density at radius 3 is 2.63 bits per heavy atom. The fraction of sp³-hybridized carbons (Fsp3) is 0.333. The van der Waals surface area contributed by atoms with Crippen LogP contribution < -0.4 is 10.2 Å². The standard InChI is InChI=1S/C21H22ClNO4/c1-2-3-4-7-12-27-21-16(22)11-10-15-19(21)23(13-18(24)25)17-9-6-5-8-14(17)20(15)26/h5-6,8-11H,2-4,7,12-13H2,1H3,(H,24,25). The molecule has 0 spiro atoms. The number of fused-ring (bicyclic) bond motifs is 2. The quantitative estimate of drug-likeness (QED) is 0.443. The zero-order chi connectivity index (χ0) is 19.4. The lowest BCUT2D eigenvalue weighted by atomic mass is 10.1. The number of carboxylic acid groups (broad SMARTS) is 1. The van der Waals surface area contributed by atoms with Crippen LogP contribution in [0.1, 0.15) is 32.6 Å². The maximum Gasteiger partial charge on any atom is 0.323 e. The van der Waals surface area contributed by atoms with Crippen molar-refractivity contribution >= 4 is 39.4 Å². The zero-order valence-corrected chi connectivity index (χ0v) is 16.0. The maximum atomic E-state index is 12.9. The normalized spacial score (nSPS) is 11.2. The van der Waals surface area contributed by atoms with Gasteiger partial charge in [0, 0.05) is 5.39 Å². The van der Waals surface area contributed by atoms with Gasteiger partial charge >= 0.3 is 5.97 Å². The molecule has 6 heteroatoms. The van der Waals surface area contributed by atoms with Gasteiger partial charge in [-0.25, -0.2) is 0 Å². The fourth-order valence-electron chi connectivity index (χ4n) is 3.30. The molecule has 0 bridgehead atoms. The van der Waals surface area contributed by atoms with Gasteiger partial charge in [-0.05, 0) is 30.7 Å². The van der Waals surface area contributed by atoms with Crippen molar-refractivity contribution in [3.63, 3.8) is 0 Å². The van der Waals surface area contributed by atoms with E-state index in [0.29, 0.717) is 39.2 Å². The summed E-state index contributed by atoms with van der Waals surface area (Å²) in [6.45, 7) is 2.31. The molecule has 0 aliphatic carbocycles. The molecular formula is C21H22ClNO4. The van der Waals surface area contributed by atoms with Gasteiger partial charge in [0.2, 0.25) is 0 Å². The largest absolute Gasteiger partial charge is 0.490 e. The molecule has 142 valence electrons. The molecule has 1 heterocycles. The lowest BCUT2D eigenvalue weighted by molar-refractivity contribution is -0.137. The first-order valence-corrected chi connectivity index (χ1v) is 9.50. The van der Waals surface area contributed by atoms with Crippen molar-refractivity contribution in [1.82, 2.24) is 4.57 Å². The van der Waals surface area contributed by atoms with Gasteiger partial charge in [-0.1, -0.05) is 49.9 Å². The summed E-state index contributed by atoms with van der Waals surface area (Å²) in [4.78, 5) is 24.4. The smallest absolute Gasteiger partial charge is 0.323 e. The SMILES string of the molecule is CCCCCCOc1c(Cl)ccc2c(=O)c3ccccc3n(CC(=O)O)c12. The molecule has 3 rings (SSSR count). The average Bonchev–Trinajstić information content (AvgIpc) is 2.66. The van der Waals surface area contributed by atoms with Crippen molar-refractivity contribution < 1.29 is 14.6 Å². The van der Waals surface area contributed by atoms with E-state index in [9.17, 15) is 14.7 Å². The van der Waals surface area contributed by atoms with Crippen LogP contribution in [0.25, 0.3) is 21.8 Å². The first-order valence-electron chi connectivity index (χ1n) is 9.13. The Hall–Kier alpha value is -2.53. The molecule has 0 aliphatic rings. The van der Waals surface area contributed by atoms with Crippen LogP contribution in [-0.4, -0.2) is 22.2 Å². The van der Waals surface area contributed by atoms with E-state index < -0.39 is 5.97 Å². The predicted molar refractivity (Wildman–Crippen MR) is 108 cm³/mol. The summed E-state index contributed by atoms with van der Waals surface area (Å²) in [5.41, 5.74) is 0.828. The van der Waals surface area contributed by atoms with Gasteiger partial charge in [0.25, 0.3) is 0 Å². The van der Waals surface area contributed by atoms with Gasteiger partial charge in [0.1, 0.15) is 6.54 Å². The van der Waals surface area contributed by atoms with Crippen LogP contribution in [0.4, 0.5) is 0 Å². The Labute approximate surface area is 162 Å². The van der Waals surface area contributed by atoms with E-state index in [0.717, 1.165) is 25.7 Å². The minimum absolute atomic E-state index is 0.158. The van der Waals surface area contributed by atoms with E-state index in [1.807, 2.05) is 0 Å². The number of hydrogen-bond donors (Lipinski definition) is 1. The highest BCUT2D eigenvalue weighted by molar-refractivity contribution is 6.33. The highest BCUT2D eigenvalue weighted by Gasteiger charge is 2.18. The van der Waals surface area contributed by atoms with Gasteiger partial charge in [0.05, 0.1) is 28.0 Å². The number of para-hydroxylation sites is 1. The number of carboxylic acids is 1. The Morgan fingerprint density at radius 1 is 1.11 bits per heavy atom. The third-order valence-electron chi connectivity index (χ3n) is 4.58. The number of rotatable bonds is 8. The van der Waals surface area contributed by atoms with Crippen molar-refractivity contribution in [3.8, 4) is 5.75 Å². The number of aliphatic carboxylic acids is 1. The molecule has 0 atom stereocenters. The van der Waals surface area contributed by atoms with Crippen LogP contribution in [0, 0.1) is 0 Å². The van der Waals surface area contributed by atoms with Gasteiger partial charge in [0.15, 0.2) is 11.2 Å². The first-order chi connectivity index (χ1) is 13.0. The zero-order valence-electron chi connectivity index (χ0n) is 15.2. The summed E-state index contributed by atoms with van der Waals surface area (Å²) < 4.78 is 7.54. The highest BCUT2D eigenvalue weighted by Crippen LogP contribution is 2.34. The van der Waals surface area contributed by atoms with Crippen molar-refractivity contribution in [2.75, 3.05) is 6.61 Å². The predicted octanol–water partition coefficient (Wildman–Crippen LogP) is 4.85. The second-order valence-corrected chi connectivity index (χ2v) is 6.92. The molecule has 0 amide bonds. The summed E-state index contributed by atoms with van der Waals surface area (Å²) in [6.07, 6.45) is 4.17. The molecule has 0 unspecified atom stereocenters. The summed E-state index contributed by atoms with van der Waals surface area (Å²) in [5, 5.41) is 10.7. The Balaban J connectivity index is 2.21. The van der Waals surface area contributed by atoms with E-state index >= 15 is 0 Å². The highest BCUT2D eigenvalue weighted by atomic mass is 35.5. The molecule has 0 fully saturated rings. The molecule has 0 aliphatic heterocycles. The summed E-state index contributed by atoms with van der Waals surface area (Å²) in [7, 11) is 0. The first kappa shape index (κ1) is 19.2. The molecule has 3 aromatic rings. The van der Waals surface area contributed by atoms with Crippen LogP contribution >= 0.6 is 11.6 Å². The second kappa shape index (κ2) is 8.44. The number of aromatic nitrogens is 1. The number of nitrogens with zero attached hydrogens (tertiary/aromatic N) is 1.